The Balaban J connectivity index is 1.90. The molecule has 1 aliphatic rings. The number of hydrogen-bond donors (Lipinski definition) is 1. The number of fused-ring (bicyclic) bond motifs is 1. The first-order chi connectivity index (χ1) is 9.28. The fourth-order valence-corrected chi connectivity index (χ4v) is 3.72. The third-order valence-electron chi connectivity index (χ3n) is 3.80. The van der Waals surface area contributed by atoms with Gasteiger partial charge in [0.05, 0.1) is 0 Å². The summed E-state index contributed by atoms with van der Waals surface area (Å²) < 4.78 is 0. The number of nitrogens with zero attached hydrogens (tertiary/aromatic N) is 1. The summed E-state index contributed by atoms with van der Waals surface area (Å²) in [5, 5.41) is 2.21. The summed E-state index contributed by atoms with van der Waals surface area (Å²) >= 11 is 1.89. The number of rotatable bonds is 3. The summed E-state index contributed by atoms with van der Waals surface area (Å²) in [7, 11) is 0. The van der Waals surface area contributed by atoms with Gasteiger partial charge in [-0.3, -0.25) is 0 Å². The summed E-state index contributed by atoms with van der Waals surface area (Å²) in [6.45, 7) is 5.03. The molecule has 2 aromatic rings. The molecule has 100 valence electrons. The first-order valence-electron chi connectivity index (χ1n) is 6.87. The van der Waals surface area contributed by atoms with Crippen LogP contribution in [0.1, 0.15) is 21.6 Å². The monoisotopic (exact) mass is 272 g/mol. The van der Waals surface area contributed by atoms with Crippen LogP contribution >= 0.6 is 11.3 Å². The number of aryl methyl sites for hydroxylation is 1. The van der Waals surface area contributed by atoms with Crippen molar-refractivity contribution in [2.45, 2.75) is 26.3 Å². The highest BCUT2D eigenvalue weighted by Crippen LogP contribution is 2.30. The first kappa shape index (κ1) is 12.7. The van der Waals surface area contributed by atoms with Gasteiger partial charge in [0.2, 0.25) is 0 Å². The summed E-state index contributed by atoms with van der Waals surface area (Å²) in [5.41, 5.74) is 11.3. The Kier molecular flexibility index (Phi) is 3.58. The quantitative estimate of drug-likeness (QED) is 0.930. The average Bonchev–Trinajstić information content (AvgIpc) is 2.86. The molecule has 2 nitrogen and oxygen atoms in total. The molecule has 19 heavy (non-hydrogen) atoms. The fourth-order valence-electron chi connectivity index (χ4n) is 2.83. The molecule has 0 bridgehead atoms. The molecule has 0 radical (unpaired) electrons. The first-order valence-corrected chi connectivity index (χ1v) is 7.75. The highest BCUT2D eigenvalue weighted by atomic mass is 32.1. The highest BCUT2D eigenvalue weighted by Gasteiger charge is 2.19. The van der Waals surface area contributed by atoms with Gasteiger partial charge in [-0.15, -0.1) is 11.3 Å². The molecular weight excluding hydrogens is 252 g/mol. The van der Waals surface area contributed by atoms with E-state index >= 15 is 0 Å². The molecule has 0 amide bonds. The molecule has 0 unspecified atom stereocenters. The van der Waals surface area contributed by atoms with Crippen molar-refractivity contribution in [3.63, 3.8) is 0 Å². The molecule has 1 aromatic carbocycles. The molecule has 0 spiro atoms. The van der Waals surface area contributed by atoms with E-state index in [9.17, 15) is 0 Å². The summed E-state index contributed by atoms with van der Waals surface area (Å²) in [4.78, 5) is 4.06. The topological polar surface area (TPSA) is 29.3 Å². The van der Waals surface area contributed by atoms with Gasteiger partial charge in [0.1, 0.15) is 0 Å². The number of anilines is 1. The van der Waals surface area contributed by atoms with Crippen LogP contribution in [0.2, 0.25) is 0 Å². The molecule has 0 fully saturated rings. The van der Waals surface area contributed by atoms with Gasteiger partial charge < -0.3 is 10.6 Å². The molecule has 0 aliphatic carbocycles. The fraction of sp³-hybridized carbons (Fsp3) is 0.375. The summed E-state index contributed by atoms with van der Waals surface area (Å²) in [5.74, 6) is 0. The van der Waals surface area contributed by atoms with Gasteiger partial charge in [0.25, 0.3) is 0 Å². The predicted octanol–water partition coefficient (Wildman–Crippen LogP) is 3.12. The molecule has 3 heteroatoms. The maximum atomic E-state index is 5.75. The van der Waals surface area contributed by atoms with E-state index in [2.05, 4.69) is 41.5 Å². The van der Waals surface area contributed by atoms with Crippen molar-refractivity contribution in [3.8, 4) is 0 Å². The van der Waals surface area contributed by atoms with E-state index < -0.39 is 0 Å². The molecule has 3 rings (SSSR count). The Labute approximate surface area is 118 Å². The van der Waals surface area contributed by atoms with Gasteiger partial charge in [-0.25, -0.2) is 0 Å². The maximum Gasteiger partial charge on any atom is 0.0440 e. The number of benzene rings is 1. The second kappa shape index (κ2) is 5.35. The standard InChI is InChI=1S/C16H20N2S/c1-12-2-3-15(13(10-12)4-7-17)18-8-5-16-14(11-18)6-9-19-16/h2-3,6,9-10H,4-5,7-8,11,17H2,1H3. The van der Waals surface area contributed by atoms with Gasteiger partial charge in [-0.1, -0.05) is 17.7 Å². The van der Waals surface area contributed by atoms with E-state index in [0.29, 0.717) is 6.54 Å². The van der Waals surface area contributed by atoms with Gasteiger partial charge in [0, 0.05) is 23.7 Å². The molecule has 0 atom stereocenters. The third kappa shape index (κ3) is 2.53. The Morgan fingerprint density at radius 1 is 1.32 bits per heavy atom. The lowest BCUT2D eigenvalue weighted by Crippen LogP contribution is -2.30. The van der Waals surface area contributed by atoms with Crippen LogP contribution in [0.5, 0.6) is 0 Å². The molecule has 1 aliphatic heterocycles. The third-order valence-corrected chi connectivity index (χ3v) is 4.82. The van der Waals surface area contributed by atoms with Crippen molar-refractivity contribution in [1.29, 1.82) is 0 Å². The molecule has 1 aromatic heterocycles. The normalized spacial score (nSPS) is 14.5. The van der Waals surface area contributed by atoms with Crippen molar-refractivity contribution >= 4 is 17.0 Å². The number of hydrogen-bond acceptors (Lipinski definition) is 3. The minimum absolute atomic E-state index is 0.716. The number of nitrogens with two attached hydrogens (primary N) is 1. The second-order valence-electron chi connectivity index (χ2n) is 5.21. The van der Waals surface area contributed by atoms with Crippen LogP contribution in [0.15, 0.2) is 29.6 Å². The lowest BCUT2D eigenvalue weighted by atomic mass is 10.0. The zero-order chi connectivity index (χ0) is 13.2. The molecule has 2 N–H and O–H groups in total. The Morgan fingerprint density at radius 2 is 2.21 bits per heavy atom. The van der Waals surface area contributed by atoms with Gasteiger partial charge in [0.15, 0.2) is 0 Å². The molecule has 2 heterocycles. The van der Waals surface area contributed by atoms with Crippen molar-refractivity contribution in [1.82, 2.24) is 0 Å². The van der Waals surface area contributed by atoms with E-state index in [-0.39, 0.29) is 0 Å². The van der Waals surface area contributed by atoms with E-state index in [1.54, 1.807) is 4.88 Å². The van der Waals surface area contributed by atoms with E-state index in [1.807, 2.05) is 11.3 Å². The van der Waals surface area contributed by atoms with Crippen LogP contribution in [0.25, 0.3) is 0 Å². The van der Waals surface area contributed by atoms with Crippen LogP contribution in [-0.4, -0.2) is 13.1 Å². The van der Waals surface area contributed by atoms with Crippen LogP contribution in [-0.2, 0) is 19.4 Å². The number of thiophene rings is 1. The van der Waals surface area contributed by atoms with Gasteiger partial charge >= 0.3 is 0 Å². The Bertz CT molecular complexity index is 574. The smallest absolute Gasteiger partial charge is 0.0440 e. The lowest BCUT2D eigenvalue weighted by Gasteiger charge is -2.31. The summed E-state index contributed by atoms with van der Waals surface area (Å²) in [6.07, 6.45) is 2.13. The van der Waals surface area contributed by atoms with Gasteiger partial charge in [-0.05, 0) is 54.9 Å². The minimum Gasteiger partial charge on any atom is -0.367 e. The average molecular weight is 272 g/mol. The van der Waals surface area contributed by atoms with Crippen molar-refractivity contribution < 1.29 is 0 Å². The zero-order valence-corrected chi connectivity index (χ0v) is 12.2. The molecular formula is C16H20N2S. The minimum atomic E-state index is 0.716. The van der Waals surface area contributed by atoms with Crippen LogP contribution in [0.3, 0.4) is 0 Å². The van der Waals surface area contributed by atoms with E-state index in [4.69, 9.17) is 5.73 Å². The lowest BCUT2D eigenvalue weighted by molar-refractivity contribution is 0.737. The van der Waals surface area contributed by atoms with Crippen molar-refractivity contribution in [2.24, 2.45) is 5.73 Å². The Morgan fingerprint density at radius 3 is 3.05 bits per heavy atom. The van der Waals surface area contributed by atoms with E-state index in [0.717, 1.165) is 19.5 Å². The van der Waals surface area contributed by atoms with Gasteiger partial charge in [-0.2, -0.15) is 0 Å². The van der Waals surface area contributed by atoms with Crippen LogP contribution in [0.4, 0.5) is 5.69 Å². The molecule has 0 saturated carbocycles. The van der Waals surface area contributed by atoms with Crippen LogP contribution in [0, 0.1) is 6.92 Å². The SMILES string of the molecule is Cc1ccc(N2CCc3sccc3C2)c(CCN)c1. The largest absolute Gasteiger partial charge is 0.367 e. The highest BCUT2D eigenvalue weighted by molar-refractivity contribution is 7.10. The molecule has 0 saturated heterocycles. The van der Waals surface area contributed by atoms with E-state index in [1.165, 1.54) is 28.8 Å². The van der Waals surface area contributed by atoms with Crippen molar-refractivity contribution in [3.05, 3.63) is 51.2 Å². The predicted molar refractivity (Wildman–Crippen MR) is 83.0 cm³/mol. The zero-order valence-electron chi connectivity index (χ0n) is 11.4. The van der Waals surface area contributed by atoms with Crippen LogP contribution < -0.4 is 10.6 Å². The van der Waals surface area contributed by atoms with Crippen molar-refractivity contribution in [2.75, 3.05) is 18.0 Å². The second-order valence-corrected chi connectivity index (χ2v) is 6.21. The summed E-state index contributed by atoms with van der Waals surface area (Å²) in [6, 6.07) is 9.02. The maximum absolute atomic E-state index is 5.75. The Hall–Kier alpha value is -1.32.